The van der Waals surface area contributed by atoms with E-state index in [0.29, 0.717) is 5.56 Å². The Hall–Kier alpha value is -1.42. The topological polar surface area (TPSA) is 57.5 Å². The first-order valence-corrected chi connectivity index (χ1v) is 3.69. The molecular weight excluding hydrogens is 175 g/mol. The van der Waals surface area contributed by atoms with Crippen LogP contribution in [0.4, 0.5) is 4.39 Å². The van der Waals surface area contributed by atoms with Gasteiger partial charge in [0.15, 0.2) is 0 Å². The van der Waals surface area contributed by atoms with Crippen LogP contribution in [0.25, 0.3) is 0 Å². The van der Waals surface area contributed by atoms with E-state index in [9.17, 15) is 9.18 Å². The van der Waals surface area contributed by atoms with Crippen molar-refractivity contribution < 1.29 is 19.4 Å². The standard InChI is InChI=1S/C9H9FO3/c1-5-2-6(9(12)13)3-8(10)7(5)4-11/h2-3,11H,4H2,1H3,(H,12,13). The summed E-state index contributed by atoms with van der Waals surface area (Å²) >= 11 is 0. The number of carbonyl (C=O) groups is 1. The molecular formula is C9H9FO3. The summed E-state index contributed by atoms with van der Waals surface area (Å²) in [7, 11) is 0. The van der Waals surface area contributed by atoms with Crippen molar-refractivity contribution in [1.29, 1.82) is 0 Å². The smallest absolute Gasteiger partial charge is 0.335 e. The lowest BCUT2D eigenvalue weighted by Crippen LogP contribution is -2.02. The van der Waals surface area contributed by atoms with Gasteiger partial charge in [0.05, 0.1) is 12.2 Å². The van der Waals surface area contributed by atoms with Gasteiger partial charge in [-0.05, 0) is 24.6 Å². The monoisotopic (exact) mass is 184 g/mol. The van der Waals surface area contributed by atoms with Gasteiger partial charge in [0, 0.05) is 5.56 Å². The number of hydrogen-bond acceptors (Lipinski definition) is 2. The molecule has 0 spiro atoms. The van der Waals surface area contributed by atoms with Gasteiger partial charge in [-0.1, -0.05) is 0 Å². The number of aliphatic hydroxyl groups excluding tert-OH is 1. The van der Waals surface area contributed by atoms with Gasteiger partial charge in [-0.3, -0.25) is 0 Å². The third kappa shape index (κ3) is 1.84. The highest BCUT2D eigenvalue weighted by atomic mass is 19.1. The molecule has 0 aliphatic carbocycles. The highest BCUT2D eigenvalue weighted by Crippen LogP contribution is 2.15. The van der Waals surface area contributed by atoms with Gasteiger partial charge in [0.2, 0.25) is 0 Å². The Morgan fingerprint density at radius 1 is 1.54 bits per heavy atom. The van der Waals surface area contributed by atoms with E-state index < -0.39 is 18.4 Å². The Morgan fingerprint density at radius 2 is 2.15 bits per heavy atom. The quantitative estimate of drug-likeness (QED) is 0.728. The second-order valence-corrected chi connectivity index (χ2v) is 2.72. The third-order valence-corrected chi connectivity index (χ3v) is 1.82. The Kier molecular flexibility index (Phi) is 2.63. The number of aryl methyl sites for hydroxylation is 1. The van der Waals surface area contributed by atoms with Crippen molar-refractivity contribution >= 4 is 5.97 Å². The van der Waals surface area contributed by atoms with Crippen molar-refractivity contribution in [2.75, 3.05) is 0 Å². The zero-order valence-corrected chi connectivity index (χ0v) is 7.04. The Balaban J connectivity index is 3.28. The van der Waals surface area contributed by atoms with Gasteiger partial charge in [-0.25, -0.2) is 9.18 Å². The molecule has 0 aliphatic rings. The Morgan fingerprint density at radius 3 is 2.54 bits per heavy atom. The van der Waals surface area contributed by atoms with Crippen LogP contribution >= 0.6 is 0 Å². The van der Waals surface area contributed by atoms with Crippen molar-refractivity contribution in [3.05, 3.63) is 34.6 Å². The molecule has 2 N–H and O–H groups in total. The summed E-state index contributed by atoms with van der Waals surface area (Å²) in [5.74, 6) is -1.86. The molecule has 0 fully saturated rings. The lowest BCUT2D eigenvalue weighted by Gasteiger charge is -2.05. The van der Waals surface area contributed by atoms with Gasteiger partial charge >= 0.3 is 5.97 Å². The zero-order valence-electron chi connectivity index (χ0n) is 7.04. The van der Waals surface area contributed by atoms with Crippen LogP contribution < -0.4 is 0 Å². The van der Waals surface area contributed by atoms with E-state index in [2.05, 4.69) is 0 Å². The molecule has 13 heavy (non-hydrogen) atoms. The number of benzene rings is 1. The van der Waals surface area contributed by atoms with Gasteiger partial charge in [-0.2, -0.15) is 0 Å². The summed E-state index contributed by atoms with van der Waals surface area (Å²) in [6.07, 6.45) is 0. The maximum atomic E-state index is 13.0. The molecule has 0 amide bonds. The molecule has 4 heteroatoms. The van der Waals surface area contributed by atoms with Gasteiger partial charge < -0.3 is 10.2 Å². The molecule has 0 aromatic heterocycles. The molecule has 0 heterocycles. The number of carboxylic acid groups (broad SMARTS) is 1. The van der Waals surface area contributed by atoms with Crippen LogP contribution in [0.5, 0.6) is 0 Å². The van der Waals surface area contributed by atoms with Crippen LogP contribution in [0.1, 0.15) is 21.5 Å². The molecule has 1 aromatic rings. The summed E-state index contributed by atoms with van der Waals surface area (Å²) in [5.41, 5.74) is 0.483. The predicted octanol–water partition coefficient (Wildman–Crippen LogP) is 1.32. The second kappa shape index (κ2) is 3.53. The van der Waals surface area contributed by atoms with Gasteiger partial charge in [0.25, 0.3) is 0 Å². The molecule has 0 atom stereocenters. The van der Waals surface area contributed by atoms with E-state index in [1.165, 1.54) is 6.07 Å². The molecule has 0 aliphatic heterocycles. The zero-order chi connectivity index (χ0) is 10.0. The maximum Gasteiger partial charge on any atom is 0.335 e. The van der Waals surface area contributed by atoms with Crippen LogP contribution in [0.2, 0.25) is 0 Å². The van der Waals surface area contributed by atoms with E-state index >= 15 is 0 Å². The average molecular weight is 184 g/mol. The van der Waals surface area contributed by atoms with E-state index in [4.69, 9.17) is 10.2 Å². The van der Waals surface area contributed by atoms with E-state index in [-0.39, 0.29) is 11.1 Å². The molecule has 0 saturated heterocycles. The minimum atomic E-state index is -1.17. The number of hydrogen-bond donors (Lipinski definition) is 2. The van der Waals surface area contributed by atoms with Crippen LogP contribution in [0, 0.1) is 12.7 Å². The summed E-state index contributed by atoms with van der Waals surface area (Å²) in [6.45, 7) is 1.14. The normalized spacial score (nSPS) is 10.1. The van der Waals surface area contributed by atoms with Crippen LogP contribution in [0.3, 0.4) is 0 Å². The van der Waals surface area contributed by atoms with E-state index in [1.807, 2.05) is 0 Å². The summed E-state index contributed by atoms with van der Waals surface area (Å²) < 4.78 is 13.0. The number of aliphatic hydroxyl groups is 1. The lowest BCUT2D eigenvalue weighted by molar-refractivity contribution is 0.0696. The van der Waals surface area contributed by atoms with Crippen LogP contribution in [0.15, 0.2) is 12.1 Å². The van der Waals surface area contributed by atoms with Gasteiger partial charge in [-0.15, -0.1) is 0 Å². The lowest BCUT2D eigenvalue weighted by atomic mass is 10.1. The fraction of sp³-hybridized carbons (Fsp3) is 0.222. The molecule has 0 radical (unpaired) electrons. The van der Waals surface area contributed by atoms with Crippen molar-refractivity contribution in [3.63, 3.8) is 0 Å². The van der Waals surface area contributed by atoms with Crippen molar-refractivity contribution in [3.8, 4) is 0 Å². The first-order chi connectivity index (χ1) is 6.06. The SMILES string of the molecule is Cc1cc(C(=O)O)cc(F)c1CO. The summed E-state index contributed by atoms with van der Waals surface area (Å²) in [5, 5.41) is 17.3. The molecule has 0 saturated carbocycles. The number of halogens is 1. The molecule has 0 unspecified atom stereocenters. The molecule has 1 rings (SSSR count). The highest BCUT2D eigenvalue weighted by Gasteiger charge is 2.10. The number of carboxylic acids is 1. The molecule has 70 valence electrons. The minimum absolute atomic E-state index is 0.104. The van der Waals surface area contributed by atoms with Gasteiger partial charge in [0.1, 0.15) is 5.82 Å². The minimum Gasteiger partial charge on any atom is -0.478 e. The van der Waals surface area contributed by atoms with Crippen molar-refractivity contribution in [1.82, 2.24) is 0 Å². The fourth-order valence-corrected chi connectivity index (χ4v) is 1.10. The molecule has 3 nitrogen and oxygen atoms in total. The van der Waals surface area contributed by atoms with Crippen LogP contribution in [-0.2, 0) is 6.61 Å². The number of rotatable bonds is 2. The van der Waals surface area contributed by atoms with E-state index in [1.54, 1.807) is 6.92 Å². The fourth-order valence-electron chi connectivity index (χ4n) is 1.10. The first-order valence-electron chi connectivity index (χ1n) is 3.69. The second-order valence-electron chi connectivity index (χ2n) is 2.72. The average Bonchev–Trinajstić information content (AvgIpc) is 2.03. The summed E-state index contributed by atoms with van der Waals surface area (Å²) in [4.78, 5) is 10.5. The van der Waals surface area contributed by atoms with Crippen molar-refractivity contribution in [2.24, 2.45) is 0 Å². The van der Waals surface area contributed by atoms with Crippen molar-refractivity contribution in [2.45, 2.75) is 13.5 Å². The van der Waals surface area contributed by atoms with Crippen LogP contribution in [-0.4, -0.2) is 16.2 Å². The molecule has 1 aromatic carbocycles. The maximum absolute atomic E-state index is 13.0. The van der Waals surface area contributed by atoms with E-state index in [0.717, 1.165) is 6.07 Å². The largest absolute Gasteiger partial charge is 0.478 e. The third-order valence-electron chi connectivity index (χ3n) is 1.82. The highest BCUT2D eigenvalue weighted by molar-refractivity contribution is 5.87. The number of aromatic carboxylic acids is 1. The predicted molar refractivity (Wildman–Crippen MR) is 44.0 cm³/mol. The summed E-state index contributed by atoms with van der Waals surface area (Å²) in [6, 6.07) is 2.23. The Labute approximate surface area is 74.4 Å². The first kappa shape index (κ1) is 9.67. The Bertz CT molecular complexity index is 324. The molecule has 0 bridgehead atoms.